The quantitative estimate of drug-likeness (QED) is 0.768. The average Bonchev–Trinajstić information content (AvgIpc) is 2.33. The van der Waals surface area contributed by atoms with Crippen LogP contribution in [0.25, 0.3) is 11.4 Å². The van der Waals surface area contributed by atoms with Crippen LogP contribution in [0.4, 0.5) is 0 Å². The second kappa shape index (κ2) is 5.33. The zero-order chi connectivity index (χ0) is 13.3. The van der Waals surface area contributed by atoms with Crippen molar-refractivity contribution >= 4 is 27.5 Å². The van der Waals surface area contributed by atoms with Crippen molar-refractivity contribution in [2.24, 2.45) is 0 Å². The zero-order valence-electron chi connectivity index (χ0n) is 10.4. The Bertz CT molecular complexity index is 584. The van der Waals surface area contributed by atoms with Crippen molar-refractivity contribution in [2.75, 3.05) is 0 Å². The number of hydrogen-bond acceptors (Lipinski definition) is 3. The molecule has 18 heavy (non-hydrogen) atoms. The topological polar surface area (TPSA) is 38.7 Å². The van der Waals surface area contributed by atoms with Gasteiger partial charge in [-0.1, -0.05) is 25.4 Å². The summed E-state index contributed by atoms with van der Waals surface area (Å²) in [5.41, 5.74) is 2.90. The van der Waals surface area contributed by atoms with Gasteiger partial charge < -0.3 is 0 Å². The zero-order valence-corrected chi connectivity index (χ0v) is 12.7. The van der Waals surface area contributed by atoms with Crippen LogP contribution in [0.5, 0.6) is 0 Å². The van der Waals surface area contributed by atoms with E-state index in [1.807, 2.05) is 13.0 Å². The molecule has 0 aliphatic heterocycles. The van der Waals surface area contributed by atoms with E-state index < -0.39 is 0 Å². The molecule has 0 aromatic carbocycles. The highest BCUT2D eigenvalue weighted by molar-refractivity contribution is 9.10. The molecule has 0 amide bonds. The summed E-state index contributed by atoms with van der Waals surface area (Å²) in [5, 5.41) is 0.437. The maximum absolute atomic E-state index is 6.15. The summed E-state index contributed by atoms with van der Waals surface area (Å²) in [7, 11) is 0. The molecule has 0 saturated heterocycles. The fourth-order valence-corrected chi connectivity index (χ4v) is 2.45. The van der Waals surface area contributed by atoms with Crippen molar-refractivity contribution in [2.45, 2.75) is 26.7 Å². The molecule has 0 N–H and O–H groups in total. The van der Waals surface area contributed by atoms with Crippen LogP contribution in [-0.2, 0) is 0 Å². The van der Waals surface area contributed by atoms with Gasteiger partial charge in [-0.3, -0.25) is 4.98 Å². The lowest BCUT2D eigenvalue weighted by Gasteiger charge is -2.11. The second-order valence-electron chi connectivity index (χ2n) is 4.38. The van der Waals surface area contributed by atoms with Gasteiger partial charge in [-0.15, -0.1) is 0 Å². The smallest absolute Gasteiger partial charge is 0.163 e. The van der Waals surface area contributed by atoms with Crippen LogP contribution in [0.1, 0.15) is 31.0 Å². The van der Waals surface area contributed by atoms with Crippen molar-refractivity contribution in [1.29, 1.82) is 0 Å². The van der Waals surface area contributed by atoms with E-state index in [1.165, 1.54) is 0 Å². The predicted molar refractivity (Wildman–Crippen MR) is 76.8 cm³/mol. The minimum atomic E-state index is 0.274. The number of hydrogen-bond donors (Lipinski definition) is 0. The maximum atomic E-state index is 6.15. The number of aromatic nitrogens is 3. The van der Waals surface area contributed by atoms with Crippen LogP contribution in [0, 0.1) is 6.92 Å². The Balaban J connectivity index is 2.63. The van der Waals surface area contributed by atoms with Gasteiger partial charge in [0, 0.05) is 18.0 Å². The first kappa shape index (κ1) is 13.4. The summed E-state index contributed by atoms with van der Waals surface area (Å²) in [5.74, 6) is 0.896. The molecular weight excluding hydrogens is 314 g/mol. The first-order valence-corrected chi connectivity index (χ1v) is 6.81. The summed E-state index contributed by atoms with van der Waals surface area (Å²) in [6, 6.07) is 1.93. The molecule has 0 bridgehead atoms. The third-order valence-electron chi connectivity index (χ3n) is 2.66. The Hall–Kier alpha value is -1.00. The molecule has 0 saturated carbocycles. The molecule has 0 aliphatic carbocycles. The summed E-state index contributed by atoms with van der Waals surface area (Å²) >= 11 is 9.58. The largest absolute Gasteiger partial charge is 0.264 e. The molecule has 5 heteroatoms. The average molecular weight is 327 g/mol. The molecule has 3 nitrogen and oxygen atoms in total. The summed E-state index contributed by atoms with van der Waals surface area (Å²) in [4.78, 5) is 13.0. The molecule has 2 aromatic rings. The molecule has 0 unspecified atom stereocenters. The molecule has 2 rings (SSSR count). The summed E-state index contributed by atoms with van der Waals surface area (Å²) in [6.45, 7) is 6.15. The Labute approximate surface area is 120 Å². The van der Waals surface area contributed by atoms with Crippen LogP contribution in [0.3, 0.4) is 0 Å². The van der Waals surface area contributed by atoms with Crippen molar-refractivity contribution in [3.63, 3.8) is 0 Å². The Morgan fingerprint density at radius 1 is 1.28 bits per heavy atom. The second-order valence-corrected chi connectivity index (χ2v) is 5.53. The van der Waals surface area contributed by atoms with Gasteiger partial charge in [-0.05, 0) is 40.4 Å². The van der Waals surface area contributed by atoms with Gasteiger partial charge >= 0.3 is 0 Å². The number of aryl methyl sites for hydroxylation is 1. The van der Waals surface area contributed by atoms with E-state index in [9.17, 15) is 0 Å². The van der Waals surface area contributed by atoms with Gasteiger partial charge in [0.25, 0.3) is 0 Å². The molecule has 94 valence electrons. The van der Waals surface area contributed by atoms with Crippen molar-refractivity contribution in [3.8, 4) is 11.4 Å². The normalized spacial score (nSPS) is 11.0. The molecule has 0 spiro atoms. The molecular formula is C13H13BrClN3. The highest BCUT2D eigenvalue weighted by atomic mass is 79.9. The van der Waals surface area contributed by atoms with Crippen LogP contribution >= 0.6 is 27.5 Å². The van der Waals surface area contributed by atoms with Gasteiger partial charge in [0.05, 0.1) is 10.2 Å². The third-order valence-corrected chi connectivity index (χ3v) is 3.95. The van der Waals surface area contributed by atoms with Gasteiger partial charge in [0.15, 0.2) is 5.82 Å². The van der Waals surface area contributed by atoms with E-state index in [2.05, 4.69) is 44.7 Å². The van der Waals surface area contributed by atoms with E-state index in [1.54, 1.807) is 12.4 Å². The van der Waals surface area contributed by atoms with E-state index >= 15 is 0 Å². The van der Waals surface area contributed by atoms with E-state index in [-0.39, 0.29) is 5.92 Å². The monoisotopic (exact) mass is 325 g/mol. The molecule has 2 aromatic heterocycles. The lowest BCUT2D eigenvalue weighted by Crippen LogP contribution is -2.01. The van der Waals surface area contributed by atoms with Crippen molar-refractivity contribution < 1.29 is 0 Å². The van der Waals surface area contributed by atoms with Gasteiger partial charge in [0.1, 0.15) is 5.15 Å². The standard InChI is InChI=1S/C13H13BrClN3/c1-7(2)11-10(14)12(15)18-13(17-11)9-6-16-5-4-8(9)3/h4-7H,1-3H3. The SMILES string of the molecule is Cc1ccncc1-c1nc(Cl)c(Br)c(C(C)C)n1. The van der Waals surface area contributed by atoms with Gasteiger partial charge in [-0.25, -0.2) is 9.97 Å². The number of pyridine rings is 1. The van der Waals surface area contributed by atoms with Crippen LogP contribution < -0.4 is 0 Å². The van der Waals surface area contributed by atoms with E-state index in [0.29, 0.717) is 11.0 Å². The molecule has 0 atom stereocenters. The number of halogens is 2. The minimum absolute atomic E-state index is 0.274. The van der Waals surface area contributed by atoms with Crippen molar-refractivity contribution in [1.82, 2.24) is 15.0 Å². The minimum Gasteiger partial charge on any atom is -0.264 e. The third kappa shape index (κ3) is 2.54. The van der Waals surface area contributed by atoms with Gasteiger partial charge in [0.2, 0.25) is 0 Å². The van der Waals surface area contributed by atoms with Crippen LogP contribution in [0.2, 0.25) is 5.15 Å². The molecule has 0 aliphatic rings. The van der Waals surface area contributed by atoms with Crippen molar-refractivity contribution in [3.05, 3.63) is 39.3 Å². The van der Waals surface area contributed by atoms with Crippen LogP contribution in [0.15, 0.2) is 22.9 Å². The first-order chi connectivity index (χ1) is 8.50. The van der Waals surface area contributed by atoms with E-state index in [4.69, 9.17) is 11.6 Å². The van der Waals surface area contributed by atoms with E-state index in [0.717, 1.165) is 21.3 Å². The molecule has 0 fully saturated rings. The summed E-state index contributed by atoms with van der Waals surface area (Å²) in [6.07, 6.45) is 3.52. The lowest BCUT2D eigenvalue weighted by atomic mass is 10.1. The first-order valence-electron chi connectivity index (χ1n) is 5.64. The lowest BCUT2D eigenvalue weighted by molar-refractivity contribution is 0.809. The fraction of sp³-hybridized carbons (Fsp3) is 0.308. The fourth-order valence-electron chi connectivity index (χ4n) is 1.64. The Kier molecular flexibility index (Phi) is 3.97. The highest BCUT2D eigenvalue weighted by Gasteiger charge is 2.15. The maximum Gasteiger partial charge on any atom is 0.163 e. The highest BCUT2D eigenvalue weighted by Crippen LogP contribution is 2.31. The van der Waals surface area contributed by atoms with Gasteiger partial charge in [-0.2, -0.15) is 0 Å². The number of rotatable bonds is 2. The summed E-state index contributed by atoms with van der Waals surface area (Å²) < 4.78 is 0.768. The Morgan fingerprint density at radius 2 is 2.00 bits per heavy atom. The van der Waals surface area contributed by atoms with Crippen LogP contribution in [-0.4, -0.2) is 15.0 Å². The molecule has 0 radical (unpaired) electrons. The number of nitrogens with zero attached hydrogens (tertiary/aromatic N) is 3. The molecule has 2 heterocycles. The Morgan fingerprint density at radius 3 is 2.61 bits per heavy atom. The predicted octanol–water partition coefficient (Wildman–Crippen LogP) is 4.39.